The van der Waals surface area contributed by atoms with Crippen molar-refractivity contribution in [2.45, 2.75) is 339 Å². The standard InChI is InChI=1S/C60H115NO9/c1-3-5-7-9-11-13-15-17-19-20-21-22-23-24-25-26-27-28-29-30-31-32-33-35-37-39-41-43-45-47-49-54(64)59(68)61-52(51-69-60-58(67)57(66)56(65)55(50-62)70-60)53(63)48-46-44-42-40-38-36-34-18-16-14-12-10-8-6-4-2/h38,40,46,48,52-58,60,62-67H,3-37,39,41-45,47,49-51H2,1-2H3,(H,61,68)/b40-38+,48-46+. The summed E-state index contributed by atoms with van der Waals surface area (Å²) in [6, 6.07) is -0.994. The van der Waals surface area contributed by atoms with Crippen molar-refractivity contribution >= 4 is 5.91 Å². The molecule has 0 aromatic heterocycles. The van der Waals surface area contributed by atoms with Crippen molar-refractivity contribution in [1.29, 1.82) is 0 Å². The molecule has 0 spiro atoms. The van der Waals surface area contributed by atoms with Crippen molar-refractivity contribution in [2.24, 2.45) is 0 Å². The molecule has 10 heteroatoms. The van der Waals surface area contributed by atoms with Gasteiger partial charge in [0.25, 0.3) is 0 Å². The minimum absolute atomic E-state index is 0.308. The second-order valence-corrected chi connectivity index (χ2v) is 21.3. The topological polar surface area (TPSA) is 169 Å². The van der Waals surface area contributed by atoms with Gasteiger partial charge in [-0.3, -0.25) is 4.79 Å². The number of amides is 1. The van der Waals surface area contributed by atoms with E-state index in [2.05, 4.69) is 31.3 Å². The molecule has 70 heavy (non-hydrogen) atoms. The van der Waals surface area contributed by atoms with Gasteiger partial charge < -0.3 is 45.4 Å². The molecule has 1 saturated heterocycles. The van der Waals surface area contributed by atoms with E-state index in [1.165, 1.54) is 225 Å². The lowest BCUT2D eigenvalue weighted by Crippen LogP contribution is -2.60. The van der Waals surface area contributed by atoms with Crippen molar-refractivity contribution in [3.63, 3.8) is 0 Å². The maximum absolute atomic E-state index is 13.1. The molecule has 8 atom stereocenters. The van der Waals surface area contributed by atoms with Crippen LogP contribution in [0.5, 0.6) is 0 Å². The highest BCUT2D eigenvalue weighted by Crippen LogP contribution is 2.23. The average molecular weight is 995 g/mol. The molecule has 10 nitrogen and oxygen atoms in total. The van der Waals surface area contributed by atoms with Crippen LogP contribution in [0.4, 0.5) is 0 Å². The van der Waals surface area contributed by atoms with E-state index in [4.69, 9.17) is 9.47 Å². The summed E-state index contributed by atoms with van der Waals surface area (Å²) in [6.45, 7) is 3.63. The van der Waals surface area contributed by atoms with Crippen LogP contribution in [0.25, 0.3) is 0 Å². The molecule has 414 valence electrons. The van der Waals surface area contributed by atoms with E-state index in [0.717, 1.165) is 38.5 Å². The van der Waals surface area contributed by atoms with Crippen LogP contribution in [-0.2, 0) is 14.3 Å². The van der Waals surface area contributed by atoms with Crippen LogP contribution in [0.2, 0.25) is 0 Å². The Morgan fingerprint density at radius 2 is 0.843 bits per heavy atom. The number of hydrogen-bond acceptors (Lipinski definition) is 9. The van der Waals surface area contributed by atoms with Gasteiger partial charge in [-0.1, -0.05) is 282 Å². The zero-order valence-corrected chi connectivity index (χ0v) is 45.7. The second kappa shape index (κ2) is 49.8. The summed E-state index contributed by atoms with van der Waals surface area (Å²) >= 11 is 0. The van der Waals surface area contributed by atoms with E-state index in [9.17, 15) is 35.4 Å². The maximum Gasteiger partial charge on any atom is 0.249 e. The van der Waals surface area contributed by atoms with Gasteiger partial charge in [0.05, 0.1) is 25.4 Å². The highest BCUT2D eigenvalue weighted by molar-refractivity contribution is 5.80. The van der Waals surface area contributed by atoms with Crippen molar-refractivity contribution in [1.82, 2.24) is 5.32 Å². The number of carbonyl (C=O) groups excluding carboxylic acids is 1. The molecule has 1 rings (SSSR count). The Kier molecular flexibility index (Phi) is 47.4. The highest BCUT2D eigenvalue weighted by atomic mass is 16.7. The van der Waals surface area contributed by atoms with Gasteiger partial charge in [-0.05, 0) is 32.1 Å². The number of hydrogen-bond donors (Lipinski definition) is 7. The number of carbonyl (C=O) groups is 1. The monoisotopic (exact) mass is 994 g/mol. The molecule has 1 fully saturated rings. The van der Waals surface area contributed by atoms with Crippen LogP contribution in [0.1, 0.15) is 290 Å². The molecular weight excluding hydrogens is 879 g/mol. The lowest BCUT2D eigenvalue weighted by Gasteiger charge is -2.40. The van der Waals surface area contributed by atoms with Crippen LogP contribution in [-0.4, -0.2) is 98.7 Å². The summed E-state index contributed by atoms with van der Waals surface area (Å²) in [7, 11) is 0. The summed E-state index contributed by atoms with van der Waals surface area (Å²) in [4.78, 5) is 13.1. The molecule has 0 bridgehead atoms. The van der Waals surface area contributed by atoms with Crippen LogP contribution >= 0.6 is 0 Å². The number of rotatable bonds is 52. The fourth-order valence-corrected chi connectivity index (χ4v) is 9.77. The van der Waals surface area contributed by atoms with Gasteiger partial charge in [-0.25, -0.2) is 0 Å². The van der Waals surface area contributed by atoms with Crippen LogP contribution in [0, 0.1) is 0 Å². The smallest absolute Gasteiger partial charge is 0.249 e. The number of nitrogens with one attached hydrogen (secondary N) is 1. The largest absolute Gasteiger partial charge is 0.394 e. The minimum Gasteiger partial charge on any atom is -0.394 e. The predicted molar refractivity (Wildman–Crippen MR) is 292 cm³/mol. The Morgan fingerprint density at radius 1 is 0.486 bits per heavy atom. The van der Waals surface area contributed by atoms with E-state index >= 15 is 0 Å². The summed E-state index contributed by atoms with van der Waals surface area (Å²) in [5.74, 6) is -0.621. The summed E-state index contributed by atoms with van der Waals surface area (Å²) in [5, 5.41) is 65.0. The molecule has 0 aliphatic carbocycles. The molecule has 0 saturated carbocycles. The molecular formula is C60H115NO9. The van der Waals surface area contributed by atoms with E-state index in [1.54, 1.807) is 6.08 Å². The molecule has 8 unspecified atom stereocenters. The van der Waals surface area contributed by atoms with Gasteiger partial charge in [-0.2, -0.15) is 0 Å². The van der Waals surface area contributed by atoms with E-state index < -0.39 is 61.5 Å². The van der Waals surface area contributed by atoms with Gasteiger partial charge in [0.15, 0.2) is 6.29 Å². The first-order valence-electron chi connectivity index (χ1n) is 30.2. The Bertz CT molecular complexity index is 1170. The van der Waals surface area contributed by atoms with Crippen molar-refractivity contribution in [3.05, 3.63) is 24.3 Å². The number of ether oxygens (including phenoxy) is 2. The number of aliphatic hydroxyl groups is 6. The molecule has 7 N–H and O–H groups in total. The van der Waals surface area contributed by atoms with Gasteiger partial charge >= 0.3 is 0 Å². The van der Waals surface area contributed by atoms with Crippen molar-refractivity contribution in [2.75, 3.05) is 13.2 Å². The first-order valence-corrected chi connectivity index (χ1v) is 30.2. The van der Waals surface area contributed by atoms with Gasteiger partial charge in [0.2, 0.25) is 5.91 Å². The molecule has 1 heterocycles. The summed E-state index contributed by atoms with van der Waals surface area (Å²) < 4.78 is 11.2. The third kappa shape index (κ3) is 38.2. The SMILES string of the molecule is CCCCCCCCCCC/C=C/CC/C=C/C(O)C(COC1OC(CO)C(O)C(O)C1O)NC(=O)C(O)CCCCCCCCCCCCCCCCCCCCCCCCCCCCCCCC. The average Bonchev–Trinajstić information content (AvgIpc) is 3.36. The molecule has 0 radical (unpaired) electrons. The zero-order valence-electron chi connectivity index (χ0n) is 45.7. The van der Waals surface area contributed by atoms with Gasteiger partial charge in [0, 0.05) is 0 Å². The normalized spacial score (nSPS) is 19.9. The fourth-order valence-electron chi connectivity index (χ4n) is 9.77. The van der Waals surface area contributed by atoms with E-state index in [-0.39, 0.29) is 6.61 Å². The highest BCUT2D eigenvalue weighted by Gasteiger charge is 2.44. The van der Waals surface area contributed by atoms with Crippen molar-refractivity contribution in [3.8, 4) is 0 Å². The summed E-state index contributed by atoms with van der Waals surface area (Å²) in [6.07, 6.45) is 53.0. The van der Waals surface area contributed by atoms with Crippen LogP contribution < -0.4 is 5.32 Å². The first-order chi connectivity index (χ1) is 34.3. The zero-order chi connectivity index (χ0) is 51.0. The number of unbranched alkanes of at least 4 members (excludes halogenated alkanes) is 39. The molecule has 1 amide bonds. The molecule has 0 aromatic rings. The van der Waals surface area contributed by atoms with Crippen LogP contribution in [0.15, 0.2) is 24.3 Å². The quantitative estimate of drug-likeness (QED) is 0.0232. The van der Waals surface area contributed by atoms with Crippen LogP contribution in [0.3, 0.4) is 0 Å². The Hall–Kier alpha value is -1.37. The molecule has 0 aromatic carbocycles. The van der Waals surface area contributed by atoms with Crippen molar-refractivity contribution < 1.29 is 44.9 Å². The Morgan fingerprint density at radius 3 is 1.24 bits per heavy atom. The predicted octanol–water partition coefficient (Wildman–Crippen LogP) is 13.9. The lowest BCUT2D eigenvalue weighted by atomic mass is 9.99. The van der Waals surface area contributed by atoms with Gasteiger partial charge in [0.1, 0.15) is 30.5 Å². The Balaban J connectivity index is 2.18. The third-order valence-electron chi connectivity index (χ3n) is 14.6. The number of allylic oxidation sites excluding steroid dienone is 3. The lowest BCUT2D eigenvalue weighted by molar-refractivity contribution is -0.302. The molecule has 1 aliphatic rings. The van der Waals surface area contributed by atoms with Gasteiger partial charge in [-0.15, -0.1) is 0 Å². The third-order valence-corrected chi connectivity index (χ3v) is 14.6. The second-order valence-electron chi connectivity index (χ2n) is 21.3. The first kappa shape index (κ1) is 66.6. The van der Waals surface area contributed by atoms with E-state index in [1.807, 2.05) is 6.08 Å². The summed E-state index contributed by atoms with van der Waals surface area (Å²) in [5.41, 5.74) is 0. The van der Waals surface area contributed by atoms with E-state index in [0.29, 0.717) is 12.8 Å². The molecule has 1 aliphatic heterocycles. The fraction of sp³-hybridized carbons (Fsp3) is 0.917. The maximum atomic E-state index is 13.1. The minimum atomic E-state index is -1.61. The Labute approximate surface area is 431 Å². The number of aliphatic hydroxyl groups excluding tert-OH is 6.